The van der Waals surface area contributed by atoms with Crippen LogP contribution >= 0.6 is 0 Å². The zero-order chi connectivity index (χ0) is 11.2. The van der Waals surface area contributed by atoms with Gasteiger partial charge in [-0.3, -0.25) is 0 Å². The molecule has 0 spiro atoms. The van der Waals surface area contributed by atoms with Crippen molar-refractivity contribution in [3.63, 3.8) is 0 Å². The monoisotopic (exact) mass is 222 g/mol. The van der Waals surface area contributed by atoms with Crippen LogP contribution in [0.3, 0.4) is 0 Å². The standard InChI is InChI=1S/C13H18O3/c14-13(11-5-2-1-3-6-11)7-4-8-15-9-12-10-16-12/h1-3,5-6,12-14H,4,7-10H2. The molecule has 0 saturated carbocycles. The van der Waals surface area contributed by atoms with Gasteiger partial charge in [-0.2, -0.15) is 0 Å². The number of aliphatic hydroxyl groups is 1. The van der Waals surface area contributed by atoms with E-state index in [0.717, 1.165) is 25.0 Å². The van der Waals surface area contributed by atoms with Gasteiger partial charge in [-0.15, -0.1) is 0 Å². The topological polar surface area (TPSA) is 42.0 Å². The highest BCUT2D eigenvalue weighted by Crippen LogP contribution is 2.17. The minimum Gasteiger partial charge on any atom is -0.388 e. The Balaban J connectivity index is 1.58. The summed E-state index contributed by atoms with van der Waals surface area (Å²) in [6.07, 6.45) is 1.58. The molecule has 1 N–H and O–H groups in total. The molecule has 1 aliphatic heterocycles. The molecule has 1 aliphatic rings. The number of benzene rings is 1. The van der Waals surface area contributed by atoms with Crippen LogP contribution in [0.15, 0.2) is 30.3 Å². The van der Waals surface area contributed by atoms with E-state index in [4.69, 9.17) is 9.47 Å². The SMILES string of the molecule is OC(CCCOCC1CO1)c1ccccc1. The molecule has 2 atom stereocenters. The zero-order valence-corrected chi connectivity index (χ0v) is 9.34. The molecule has 1 heterocycles. The largest absolute Gasteiger partial charge is 0.388 e. The molecule has 1 saturated heterocycles. The Labute approximate surface area is 96.0 Å². The van der Waals surface area contributed by atoms with E-state index >= 15 is 0 Å². The fourth-order valence-electron chi connectivity index (χ4n) is 1.60. The summed E-state index contributed by atoms with van der Waals surface area (Å²) in [6.45, 7) is 2.23. The van der Waals surface area contributed by atoms with E-state index in [0.29, 0.717) is 19.3 Å². The first kappa shape index (κ1) is 11.6. The van der Waals surface area contributed by atoms with Crippen LogP contribution in [0.25, 0.3) is 0 Å². The second-order valence-corrected chi connectivity index (χ2v) is 4.10. The van der Waals surface area contributed by atoms with E-state index in [1.165, 1.54) is 0 Å². The van der Waals surface area contributed by atoms with Crippen LogP contribution in [0, 0.1) is 0 Å². The van der Waals surface area contributed by atoms with Gasteiger partial charge in [-0.1, -0.05) is 30.3 Å². The molecular weight excluding hydrogens is 204 g/mol. The molecule has 2 rings (SSSR count). The number of aliphatic hydroxyl groups excluding tert-OH is 1. The molecule has 0 aromatic heterocycles. The van der Waals surface area contributed by atoms with Crippen molar-refractivity contribution in [1.29, 1.82) is 0 Å². The van der Waals surface area contributed by atoms with Crippen LogP contribution in [0.2, 0.25) is 0 Å². The zero-order valence-electron chi connectivity index (χ0n) is 9.34. The summed E-state index contributed by atoms with van der Waals surface area (Å²) in [7, 11) is 0. The maximum absolute atomic E-state index is 9.86. The Morgan fingerprint density at radius 2 is 2.12 bits per heavy atom. The maximum Gasteiger partial charge on any atom is 0.104 e. The van der Waals surface area contributed by atoms with E-state index in [9.17, 15) is 5.11 Å². The summed E-state index contributed by atoms with van der Waals surface area (Å²) < 4.78 is 10.4. The van der Waals surface area contributed by atoms with Gasteiger partial charge in [0.15, 0.2) is 0 Å². The predicted octanol–water partition coefficient (Wildman–Crippen LogP) is 1.92. The van der Waals surface area contributed by atoms with Gasteiger partial charge in [0.1, 0.15) is 6.10 Å². The van der Waals surface area contributed by atoms with E-state index in [-0.39, 0.29) is 6.10 Å². The summed E-state index contributed by atoms with van der Waals surface area (Å²) in [5.74, 6) is 0. The molecule has 1 aromatic carbocycles. The van der Waals surface area contributed by atoms with Crippen LogP contribution in [0.4, 0.5) is 0 Å². The highest BCUT2D eigenvalue weighted by Gasteiger charge is 2.22. The van der Waals surface area contributed by atoms with Crippen molar-refractivity contribution in [2.24, 2.45) is 0 Å². The van der Waals surface area contributed by atoms with Crippen LogP contribution in [-0.4, -0.2) is 31.0 Å². The van der Waals surface area contributed by atoms with Gasteiger partial charge in [0, 0.05) is 6.61 Å². The molecule has 0 amide bonds. The lowest BCUT2D eigenvalue weighted by atomic mass is 10.1. The average Bonchev–Trinajstić information content (AvgIpc) is 3.13. The lowest BCUT2D eigenvalue weighted by molar-refractivity contribution is 0.0958. The molecule has 3 heteroatoms. The van der Waals surface area contributed by atoms with E-state index < -0.39 is 0 Å². The smallest absolute Gasteiger partial charge is 0.104 e. The molecule has 0 bridgehead atoms. The summed E-state index contributed by atoms with van der Waals surface area (Å²) in [5.41, 5.74) is 0.980. The van der Waals surface area contributed by atoms with E-state index in [2.05, 4.69) is 0 Å². The quantitative estimate of drug-likeness (QED) is 0.566. The molecule has 1 aromatic rings. The van der Waals surface area contributed by atoms with Gasteiger partial charge in [-0.25, -0.2) is 0 Å². The second-order valence-electron chi connectivity index (χ2n) is 4.10. The third-order valence-electron chi connectivity index (χ3n) is 2.66. The number of hydrogen-bond donors (Lipinski definition) is 1. The molecular formula is C13H18O3. The summed E-state index contributed by atoms with van der Waals surface area (Å²) in [5, 5.41) is 9.86. The Morgan fingerprint density at radius 1 is 1.38 bits per heavy atom. The van der Waals surface area contributed by atoms with Crippen molar-refractivity contribution in [2.75, 3.05) is 19.8 Å². The lowest BCUT2D eigenvalue weighted by Crippen LogP contribution is -2.04. The van der Waals surface area contributed by atoms with Crippen molar-refractivity contribution in [3.8, 4) is 0 Å². The first-order valence-corrected chi connectivity index (χ1v) is 5.78. The number of ether oxygens (including phenoxy) is 2. The summed E-state index contributed by atoms with van der Waals surface area (Å²) in [6, 6.07) is 9.74. The van der Waals surface area contributed by atoms with Crippen LogP contribution < -0.4 is 0 Å². The van der Waals surface area contributed by atoms with E-state index in [1.54, 1.807) is 0 Å². The average molecular weight is 222 g/mol. The van der Waals surface area contributed by atoms with Crippen molar-refractivity contribution < 1.29 is 14.6 Å². The van der Waals surface area contributed by atoms with E-state index in [1.807, 2.05) is 30.3 Å². The van der Waals surface area contributed by atoms with Crippen molar-refractivity contribution in [3.05, 3.63) is 35.9 Å². The number of rotatable bonds is 7. The predicted molar refractivity (Wildman–Crippen MR) is 61.2 cm³/mol. The van der Waals surface area contributed by atoms with Crippen LogP contribution in [0.1, 0.15) is 24.5 Å². The normalized spacial score (nSPS) is 20.7. The summed E-state index contributed by atoms with van der Waals surface area (Å²) in [4.78, 5) is 0. The highest BCUT2D eigenvalue weighted by molar-refractivity contribution is 5.16. The van der Waals surface area contributed by atoms with Gasteiger partial charge >= 0.3 is 0 Å². The fraction of sp³-hybridized carbons (Fsp3) is 0.538. The molecule has 1 fully saturated rings. The van der Waals surface area contributed by atoms with Crippen LogP contribution in [-0.2, 0) is 9.47 Å². The Hall–Kier alpha value is -0.900. The third-order valence-corrected chi connectivity index (χ3v) is 2.66. The first-order chi connectivity index (χ1) is 7.86. The Bertz CT molecular complexity index is 295. The fourth-order valence-corrected chi connectivity index (χ4v) is 1.60. The molecule has 0 radical (unpaired) electrons. The minimum absolute atomic E-state index is 0.332. The van der Waals surface area contributed by atoms with Gasteiger partial charge < -0.3 is 14.6 Å². The number of hydrogen-bond acceptors (Lipinski definition) is 3. The molecule has 16 heavy (non-hydrogen) atoms. The van der Waals surface area contributed by atoms with Gasteiger partial charge in [0.2, 0.25) is 0 Å². The van der Waals surface area contributed by atoms with Crippen molar-refractivity contribution >= 4 is 0 Å². The Morgan fingerprint density at radius 3 is 2.81 bits per heavy atom. The van der Waals surface area contributed by atoms with Crippen LogP contribution in [0.5, 0.6) is 0 Å². The van der Waals surface area contributed by atoms with Crippen molar-refractivity contribution in [2.45, 2.75) is 25.0 Å². The molecule has 88 valence electrons. The third kappa shape index (κ3) is 3.93. The molecule has 2 unspecified atom stereocenters. The molecule has 3 nitrogen and oxygen atoms in total. The Kier molecular flexibility index (Phi) is 4.34. The van der Waals surface area contributed by atoms with Crippen molar-refractivity contribution in [1.82, 2.24) is 0 Å². The van der Waals surface area contributed by atoms with Gasteiger partial charge in [-0.05, 0) is 18.4 Å². The van der Waals surface area contributed by atoms with Gasteiger partial charge in [0.25, 0.3) is 0 Å². The van der Waals surface area contributed by atoms with Gasteiger partial charge in [0.05, 0.1) is 19.3 Å². The summed E-state index contributed by atoms with van der Waals surface area (Å²) >= 11 is 0. The lowest BCUT2D eigenvalue weighted by Gasteiger charge is -2.10. The highest BCUT2D eigenvalue weighted by atomic mass is 16.6. The maximum atomic E-state index is 9.86. The minimum atomic E-state index is -0.373. The first-order valence-electron chi connectivity index (χ1n) is 5.78. The molecule has 0 aliphatic carbocycles. The second kappa shape index (κ2) is 5.99. The number of epoxide rings is 1.